The number of amides is 1. The summed E-state index contributed by atoms with van der Waals surface area (Å²) in [6.45, 7) is 0. The summed E-state index contributed by atoms with van der Waals surface area (Å²) in [6, 6.07) is 4.82. The van der Waals surface area contributed by atoms with Crippen LogP contribution in [-0.2, 0) is 0 Å². The van der Waals surface area contributed by atoms with Crippen molar-refractivity contribution in [2.75, 3.05) is 5.32 Å². The molecule has 0 spiro atoms. The number of benzene rings is 1. The van der Waals surface area contributed by atoms with Crippen molar-refractivity contribution in [2.45, 2.75) is 0 Å². The van der Waals surface area contributed by atoms with Gasteiger partial charge in [-0.05, 0) is 12.1 Å². The Balaban J connectivity index is 2.50. The Morgan fingerprint density at radius 3 is 3.00 bits per heavy atom. The van der Waals surface area contributed by atoms with Gasteiger partial charge in [0.2, 0.25) is 0 Å². The van der Waals surface area contributed by atoms with Gasteiger partial charge < -0.3 is 9.73 Å². The van der Waals surface area contributed by atoms with Gasteiger partial charge in [-0.1, -0.05) is 12.6 Å². The standard InChI is InChI=1S/C8H6N2O3S/c11-7-10-5-2-1-4(9-8(12)14)3-6(5)13-7/h1-3H,(H,10,11)(H2,9,12,14). The van der Waals surface area contributed by atoms with E-state index in [1.807, 2.05) is 0 Å². The molecular weight excluding hydrogens is 204 g/mol. The van der Waals surface area contributed by atoms with Crippen molar-refractivity contribution in [3.8, 4) is 0 Å². The molecule has 0 aliphatic rings. The number of anilines is 1. The number of fused-ring (bicyclic) bond motifs is 1. The lowest BCUT2D eigenvalue weighted by molar-refractivity contribution is 0.270. The molecule has 0 bridgehead atoms. The van der Waals surface area contributed by atoms with Gasteiger partial charge in [0.05, 0.1) is 5.52 Å². The normalized spacial score (nSPS) is 10.4. The van der Waals surface area contributed by atoms with E-state index in [4.69, 9.17) is 4.42 Å². The molecule has 0 atom stereocenters. The van der Waals surface area contributed by atoms with E-state index in [1.54, 1.807) is 18.2 Å². The quantitative estimate of drug-likeness (QED) is 0.625. The van der Waals surface area contributed by atoms with E-state index in [0.717, 1.165) is 0 Å². The lowest BCUT2D eigenvalue weighted by Crippen LogP contribution is -2.00. The van der Waals surface area contributed by atoms with Crippen LogP contribution in [0, 0.1) is 0 Å². The van der Waals surface area contributed by atoms with Crippen LogP contribution in [0.25, 0.3) is 11.1 Å². The van der Waals surface area contributed by atoms with Crippen LogP contribution in [-0.4, -0.2) is 10.2 Å². The molecule has 0 unspecified atom stereocenters. The summed E-state index contributed by atoms with van der Waals surface area (Å²) in [5, 5.41) is 1.99. The Hall–Kier alpha value is -1.69. The summed E-state index contributed by atoms with van der Waals surface area (Å²) in [5.41, 5.74) is 1.52. The predicted molar refractivity (Wildman–Crippen MR) is 54.8 cm³/mol. The topological polar surface area (TPSA) is 75.1 Å². The van der Waals surface area contributed by atoms with E-state index in [0.29, 0.717) is 16.8 Å². The number of H-pyrrole nitrogens is 1. The second-order valence-corrected chi connectivity index (χ2v) is 3.06. The summed E-state index contributed by atoms with van der Waals surface area (Å²) in [5.74, 6) is -0.519. The highest BCUT2D eigenvalue weighted by molar-refractivity contribution is 7.96. The fraction of sp³-hybridized carbons (Fsp3) is 0. The largest absolute Gasteiger partial charge is 0.417 e. The van der Waals surface area contributed by atoms with Crippen LogP contribution in [0.3, 0.4) is 0 Å². The molecule has 0 aliphatic heterocycles. The molecule has 0 saturated carbocycles. The van der Waals surface area contributed by atoms with Gasteiger partial charge in [0.15, 0.2) is 5.58 Å². The summed E-state index contributed by atoms with van der Waals surface area (Å²) in [7, 11) is 0. The van der Waals surface area contributed by atoms with E-state index >= 15 is 0 Å². The smallest absolute Gasteiger partial charge is 0.408 e. The molecule has 0 saturated heterocycles. The van der Waals surface area contributed by atoms with Crippen molar-refractivity contribution in [3.05, 3.63) is 28.7 Å². The van der Waals surface area contributed by atoms with Crippen LogP contribution in [0.2, 0.25) is 0 Å². The molecule has 1 amide bonds. The maximum absolute atomic E-state index is 10.8. The van der Waals surface area contributed by atoms with Gasteiger partial charge in [0, 0.05) is 11.8 Å². The zero-order chi connectivity index (χ0) is 10.1. The minimum absolute atomic E-state index is 0.398. The SMILES string of the molecule is O=C(S)Nc1ccc2[nH]c(=O)oc2c1. The molecule has 1 aromatic carbocycles. The molecule has 0 fully saturated rings. The maximum atomic E-state index is 10.8. The maximum Gasteiger partial charge on any atom is 0.417 e. The Kier molecular flexibility index (Phi) is 2.05. The van der Waals surface area contributed by atoms with Crippen molar-refractivity contribution in [1.29, 1.82) is 0 Å². The Labute approximate surface area is 83.5 Å². The molecule has 6 heteroatoms. The average molecular weight is 210 g/mol. The highest BCUT2D eigenvalue weighted by atomic mass is 32.1. The fourth-order valence-corrected chi connectivity index (χ4v) is 1.28. The average Bonchev–Trinajstić information content (AvgIpc) is 2.42. The van der Waals surface area contributed by atoms with E-state index in [1.165, 1.54) is 0 Å². The van der Waals surface area contributed by atoms with Gasteiger partial charge in [0.1, 0.15) is 0 Å². The van der Waals surface area contributed by atoms with Crippen molar-refractivity contribution in [1.82, 2.24) is 4.98 Å². The van der Waals surface area contributed by atoms with Gasteiger partial charge in [-0.3, -0.25) is 9.78 Å². The number of thiol groups is 1. The Bertz CT molecular complexity index is 543. The monoisotopic (exact) mass is 210 g/mol. The molecule has 2 aromatic rings. The van der Waals surface area contributed by atoms with Gasteiger partial charge in [-0.25, -0.2) is 4.79 Å². The van der Waals surface area contributed by atoms with Crippen LogP contribution in [0.4, 0.5) is 10.5 Å². The number of aromatic nitrogens is 1. The summed E-state index contributed by atoms with van der Waals surface area (Å²) >= 11 is 3.56. The molecule has 1 aromatic heterocycles. The number of hydrogen-bond donors (Lipinski definition) is 3. The lowest BCUT2D eigenvalue weighted by Gasteiger charge is -1.98. The molecule has 0 aliphatic carbocycles. The van der Waals surface area contributed by atoms with Crippen LogP contribution in [0.5, 0.6) is 0 Å². The number of hydrogen-bond acceptors (Lipinski definition) is 3. The van der Waals surface area contributed by atoms with Gasteiger partial charge in [-0.2, -0.15) is 0 Å². The van der Waals surface area contributed by atoms with E-state index < -0.39 is 11.0 Å². The second kappa shape index (κ2) is 3.22. The zero-order valence-electron chi connectivity index (χ0n) is 6.90. The van der Waals surface area contributed by atoms with Crippen LogP contribution < -0.4 is 11.1 Å². The van der Waals surface area contributed by atoms with Crippen LogP contribution >= 0.6 is 12.6 Å². The number of rotatable bonds is 1. The molecule has 2 rings (SSSR count). The number of nitrogens with one attached hydrogen (secondary N) is 2. The van der Waals surface area contributed by atoms with E-state index in [2.05, 4.69) is 22.9 Å². The second-order valence-electron chi connectivity index (χ2n) is 2.66. The first kappa shape index (κ1) is 8.89. The van der Waals surface area contributed by atoms with Crippen molar-refractivity contribution in [2.24, 2.45) is 0 Å². The third-order valence-corrected chi connectivity index (χ3v) is 1.78. The zero-order valence-corrected chi connectivity index (χ0v) is 7.80. The summed E-state index contributed by atoms with van der Waals surface area (Å²) < 4.78 is 4.80. The number of aromatic amines is 1. The molecule has 1 heterocycles. The van der Waals surface area contributed by atoms with Crippen molar-refractivity contribution >= 4 is 34.7 Å². The number of carbonyl (C=O) groups is 1. The molecule has 2 N–H and O–H groups in total. The lowest BCUT2D eigenvalue weighted by atomic mass is 10.3. The highest BCUT2D eigenvalue weighted by Crippen LogP contribution is 2.16. The van der Waals surface area contributed by atoms with Crippen LogP contribution in [0.15, 0.2) is 27.4 Å². The first-order chi connectivity index (χ1) is 6.65. The number of carbonyl (C=O) groups excluding carboxylic acids is 1. The summed E-state index contributed by atoms with van der Waals surface area (Å²) in [6.07, 6.45) is 0. The summed E-state index contributed by atoms with van der Waals surface area (Å²) in [4.78, 5) is 23.9. The van der Waals surface area contributed by atoms with Crippen LogP contribution in [0.1, 0.15) is 0 Å². The molecule has 72 valence electrons. The highest BCUT2D eigenvalue weighted by Gasteiger charge is 2.02. The van der Waals surface area contributed by atoms with Crippen molar-refractivity contribution in [3.63, 3.8) is 0 Å². The van der Waals surface area contributed by atoms with E-state index in [9.17, 15) is 9.59 Å². The first-order valence-electron chi connectivity index (χ1n) is 3.78. The van der Waals surface area contributed by atoms with Gasteiger partial charge >= 0.3 is 5.76 Å². The molecule has 14 heavy (non-hydrogen) atoms. The predicted octanol–water partition coefficient (Wildman–Crippen LogP) is 1.58. The Morgan fingerprint density at radius 2 is 2.29 bits per heavy atom. The minimum atomic E-state index is -0.519. The fourth-order valence-electron chi connectivity index (χ4n) is 1.15. The Morgan fingerprint density at radius 1 is 1.50 bits per heavy atom. The molecular formula is C8H6N2O3S. The first-order valence-corrected chi connectivity index (χ1v) is 4.23. The number of oxazole rings is 1. The molecule has 5 nitrogen and oxygen atoms in total. The van der Waals surface area contributed by atoms with E-state index in [-0.39, 0.29) is 0 Å². The van der Waals surface area contributed by atoms with Crippen molar-refractivity contribution < 1.29 is 9.21 Å². The molecule has 0 radical (unpaired) electrons. The van der Waals surface area contributed by atoms with Gasteiger partial charge in [0.25, 0.3) is 5.24 Å². The minimum Gasteiger partial charge on any atom is -0.408 e. The van der Waals surface area contributed by atoms with Gasteiger partial charge in [-0.15, -0.1) is 0 Å². The third kappa shape index (κ3) is 1.64. The third-order valence-electron chi connectivity index (χ3n) is 1.67.